The lowest BCUT2D eigenvalue weighted by Gasteiger charge is -2.28. The summed E-state index contributed by atoms with van der Waals surface area (Å²) >= 11 is 1.63. The largest absolute Gasteiger partial charge is 0.378 e. The molecule has 0 radical (unpaired) electrons. The first-order valence-corrected chi connectivity index (χ1v) is 10.0. The molecule has 5 heteroatoms. The number of halogens is 1. The van der Waals surface area contributed by atoms with E-state index in [-0.39, 0.29) is 11.2 Å². The standard InChI is InChI=1S/C23H20FNO2S/c24-20-8-6-17(7-9-20)4-5-18-2-1-3-19(14-18)22-15-21(26)16-23(28-22)25-10-12-27-13-11-25/h1-9,14-16H,10-13H2/b5-4+. The van der Waals surface area contributed by atoms with E-state index in [4.69, 9.17) is 4.74 Å². The molecule has 1 saturated heterocycles. The lowest BCUT2D eigenvalue weighted by Crippen LogP contribution is -2.36. The maximum atomic E-state index is 13.0. The topological polar surface area (TPSA) is 29.5 Å². The van der Waals surface area contributed by atoms with Crippen molar-refractivity contribution in [2.24, 2.45) is 0 Å². The van der Waals surface area contributed by atoms with Gasteiger partial charge in [0.15, 0.2) is 5.43 Å². The molecule has 28 heavy (non-hydrogen) atoms. The van der Waals surface area contributed by atoms with Crippen LogP contribution in [0.4, 0.5) is 9.39 Å². The Kier molecular flexibility index (Phi) is 5.65. The van der Waals surface area contributed by atoms with E-state index in [0.717, 1.165) is 39.7 Å². The van der Waals surface area contributed by atoms with Crippen LogP contribution in [0.5, 0.6) is 0 Å². The van der Waals surface area contributed by atoms with Gasteiger partial charge in [-0.25, -0.2) is 4.39 Å². The van der Waals surface area contributed by atoms with E-state index < -0.39 is 0 Å². The van der Waals surface area contributed by atoms with E-state index in [1.165, 1.54) is 12.1 Å². The van der Waals surface area contributed by atoms with Crippen LogP contribution in [-0.2, 0) is 4.74 Å². The first-order valence-electron chi connectivity index (χ1n) is 9.19. The summed E-state index contributed by atoms with van der Waals surface area (Å²) in [6.07, 6.45) is 3.94. The van der Waals surface area contributed by atoms with E-state index >= 15 is 0 Å². The predicted molar refractivity (Wildman–Crippen MR) is 114 cm³/mol. The zero-order valence-electron chi connectivity index (χ0n) is 15.3. The van der Waals surface area contributed by atoms with Crippen LogP contribution in [0.1, 0.15) is 11.1 Å². The van der Waals surface area contributed by atoms with Crippen LogP contribution in [0, 0.1) is 5.82 Å². The molecule has 0 aliphatic carbocycles. The highest BCUT2D eigenvalue weighted by atomic mass is 32.1. The zero-order valence-corrected chi connectivity index (χ0v) is 16.1. The molecule has 1 aromatic heterocycles. The van der Waals surface area contributed by atoms with Gasteiger partial charge in [0.1, 0.15) is 5.82 Å². The minimum Gasteiger partial charge on any atom is -0.378 e. The van der Waals surface area contributed by atoms with Crippen molar-refractivity contribution in [3.05, 3.63) is 87.8 Å². The summed E-state index contributed by atoms with van der Waals surface area (Å²) in [6, 6.07) is 17.9. The Balaban J connectivity index is 1.61. The lowest BCUT2D eigenvalue weighted by atomic mass is 10.1. The molecule has 0 N–H and O–H groups in total. The molecule has 0 atom stereocenters. The quantitative estimate of drug-likeness (QED) is 0.589. The van der Waals surface area contributed by atoms with E-state index in [1.54, 1.807) is 35.6 Å². The maximum Gasteiger partial charge on any atom is 0.182 e. The van der Waals surface area contributed by atoms with Crippen molar-refractivity contribution in [2.45, 2.75) is 0 Å². The maximum absolute atomic E-state index is 13.0. The van der Waals surface area contributed by atoms with Gasteiger partial charge in [0.05, 0.1) is 18.2 Å². The molecule has 1 fully saturated rings. The van der Waals surface area contributed by atoms with Crippen molar-refractivity contribution >= 4 is 28.5 Å². The van der Waals surface area contributed by atoms with E-state index in [2.05, 4.69) is 11.0 Å². The highest BCUT2D eigenvalue weighted by Crippen LogP contribution is 2.31. The van der Waals surface area contributed by atoms with Gasteiger partial charge in [-0.1, -0.05) is 42.5 Å². The van der Waals surface area contributed by atoms with Crippen LogP contribution < -0.4 is 10.3 Å². The number of benzene rings is 2. The molecule has 0 spiro atoms. The molecule has 0 amide bonds. The third-order valence-corrected chi connectivity index (χ3v) is 5.74. The van der Waals surface area contributed by atoms with Crippen molar-refractivity contribution in [1.82, 2.24) is 0 Å². The fraction of sp³-hybridized carbons (Fsp3) is 0.174. The molecule has 2 aromatic carbocycles. The highest BCUT2D eigenvalue weighted by molar-refractivity contribution is 7.19. The fourth-order valence-corrected chi connectivity index (χ4v) is 4.24. The Morgan fingerprint density at radius 2 is 1.68 bits per heavy atom. The predicted octanol–water partition coefficient (Wildman–Crippen LogP) is 4.92. The Labute approximate surface area is 167 Å². The summed E-state index contributed by atoms with van der Waals surface area (Å²) in [5.41, 5.74) is 2.99. The van der Waals surface area contributed by atoms with E-state index in [1.807, 2.05) is 30.4 Å². The minimum absolute atomic E-state index is 0.0162. The van der Waals surface area contributed by atoms with Crippen LogP contribution in [0.2, 0.25) is 0 Å². The second-order valence-corrected chi connectivity index (χ2v) is 7.67. The monoisotopic (exact) mass is 393 g/mol. The van der Waals surface area contributed by atoms with Gasteiger partial charge in [-0.15, -0.1) is 11.3 Å². The summed E-state index contributed by atoms with van der Waals surface area (Å²) < 4.78 is 18.4. The first-order chi connectivity index (χ1) is 13.7. The number of hydrogen-bond donors (Lipinski definition) is 0. The highest BCUT2D eigenvalue weighted by Gasteiger charge is 2.14. The van der Waals surface area contributed by atoms with Gasteiger partial charge in [-0.3, -0.25) is 4.79 Å². The van der Waals surface area contributed by atoms with Crippen molar-refractivity contribution < 1.29 is 9.13 Å². The Morgan fingerprint density at radius 3 is 2.46 bits per heavy atom. The summed E-state index contributed by atoms with van der Waals surface area (Å²) in [5, 5.41) is 0.984. The normalized spacial score (nSPS) is 14.5. The molecule has 1 aliphatic heterocycles. The van der Waals surface area contributed by atoms with Gasteiger partial charge in [-0.2, -0.15) is 0 Å². The van der Waals surface area contributed by atoms with Gasteiger partial charge in [-0.05, 0) is 34.9 Å². The van der Waals surface area contributed by atoms with E-state index in [0.29, 0.717) is 13.2 Å². The smallest absolute Gasteiger partial charge is 0.182 e. The summed E-state index contributed by atoms with van der Waals surface area (Å²) in [4.78, 5) is 15.4. The minimum atomic E-state index is -0.241. The molecule has 1 aliphatic rings. The second-order valence-electron chi connectivity index (χ2n) is 6.61. The van der Waals surface area contributed by atoms with Crippen LogP contribution in [0.15, 0.2) is 65.5 Å². The zero-order chi connectivity index (χ0) is 19.3. The van der Waals surface area contributed by atoms with Crippen LogP contribution >= 0.6 is 11.3 Å². The molecule has 0 bridgehead atoms. The summed E-state index contributed by atoms with van der Waals surface area (Å²) in [6.45, 7) is 2.99. The molecule has 0 saturated carbocycles. The SMILES string of the molecule is O=c1cc(-c2cccc(/C=C/c3ccc(F)cc3)c2)sc(N2CCOCC2)c1. The van der Waals surface area contributed by atoms with Crippen LogP contribution in [-0.4, -0.2) is 26.3 Å². The number of hydrogen-bond acceptors (Lipinski definition) is 4. The van der Waals surface area contributed by atoms with E-state index in [9.17, 15) is 9.18 Å². The molecular formula is C23H20FNO2S. The molecular weight excluding hydrogens is 373 g/mol. The number of ether oxygens (including phenoxy) is 1. The summed E-state index contributed by atoms with van der Waals surface area (Å²) in [5.74, 6) is -0.241. The van der Waals surface area contributed by atoms with Gasteiger partial charge in [0.25, 0.3) is 0 Å². The second kappa shape index (κ2) is 8.50. The summed E-state index contributed by atoms with van der Waals surface area (Å²) in [7, 11) is 0. The molecule has 142 valence electrons. The average Bonchev–Trinajstić information content (AvgIpc) is 2.74. The van der Waals surface area contributed by atoms with Crippen molar-refractivity contribution in [3.63, 3.8) is 0 Å². The molecule has 3 aromatic rings. The number of nitrogens with zero attached hydrogens (tertiary/aromatic N) is 1. The van der Waals surface area contributed by atoms with Crippen molar-refractivity contribution in [2.75, 3.05) is 31.2 Å². The number of anilines is 1. The average molecular weight is 393 g/mol. The number of rotatable bonds is 4. The molecule has 3 nitrogen and oxygen atoms in total. The van der Waals surface area contributed by atoms with Gasteiger partial charge in [0.2, 0.25) is 0 Å². The Bertz CT molecular complexity index is 1040. The number of morpholine rings is 1. The molecule has 4 rings (SSSR count). The van der Waals surface area contributed by atoms with Crippen molar-refractivity contribution in [1.29, 1.82) is 0 Å². The molecule has 2 heterocycles. The van der Waals surface area contributed by atoms with Crippen molar-refractivity contribution in [3.8, 4) is 10.4 Å². The third-order valence-electron chi connectivity index (χ3n) is 4.59. The van der Waals surface area contributed by atoms with Gasteiger partial charge >= 0.3 is 0 Å². The van der Waals surface area contributed by atoms with Crippen LogP contribution in [0.25, 0.3) is 22.6 Å². The Hall–Kier alpha value is -2.76. The first kappa shape index (κ1) is 18.6. The molecule has 0 unspecified atom stereocenters. The fourth-order valence-electron chi connectivity index (χ4n) is 3.11. The van der Waals surface area contributed by atoms with Crippen LogP contribution in [0.3, 0.4) is 0 Å². The Morgan fingerprint density at radius 1 is 0.929 bits per heavy atom. The van der Waals surface area contributed by atoms with Gasteiger partial charge < -0.3 is 9.64 Å². The lowest BCUT2D eigenvalue weighted by molar-refractivity contribution is 0.123. The third kappa shape index (κ3) is 4.55. The van der Waals surface area contributed by atoms with Gasteiger partial charge in [0, 0.05) is 30.1 Å².